The standard InChI is InChI=1S/C16H15FO3/c1-3-19-16(18)13-9-8-12(17)10-15(13)20-14-7-5-4-6-11(14)2/h4-10H,3H2,1-2H3. The van der Waals surface area contributed by atoms with Crippen molar-refractivity contribution in [2.75, 3.05) is 6.61 Å². The molecule has 3 nitrogen and oxygen atoms in total. The second-order valence-corrected chi connectivity index (χ2v) is 4.23. The predicted molar refractivity (Wildman–Crippen MR) is 73.6 cm³/mol. The highest BCUT2D eigenvalue weighted by Gasteiger charge is 2.15. The van der Waals surface area contributed by atoms with Crippen LogP contribution in [-0.4, -0.2) is 12.6 Å². The van der Waals surface area contributed by atoms with E-state index in [1.165, 1.54) is 18.2 Å². The van der Waals surface area contributed by atoms with Crippen LogP contribution in [0, 0.1) is 12.7 Å². The Morgan fingerprint density at radius 2 is 1.90 bits per heavy atom. The fraction of sp³-hybridized carbons (Fsp3) is 0.188. The van der Waals surface area contributed by atoms with Gasteiger partial charge in [0, 0.05) is 6.07 Å². The first-order valence-electron chi connectivity index (χ1n) is 6.32. The van der Waals surface area contributed by atoms with E-state index >= 15 is 0 Å². The van der Waals surface area contributed by atoms with Gasteiger partial charge < -0.3 is 9.47 Å². The Balaban J connectivity index is 2.37. The van der Waals surface area contributed by atoms with Crippen LogP contribution in [-0.2, 0) is 4.74 Å². The smallest absolute Gasteiger partial charge is 0.341 e. The van der Waals surface area contributed by atoms with Crippen molar-refractivity contribution in [2.45, 2.75) is 13.8 Å². The molecule has 0 radical (unpaired) electrons. The Hall–Kier alpha value is -2.36. The quantitative estimate of drug-likeness (QED) is 0.787. The lowest BCUT2D eigenvalue weighted by Gasteiger charge is -2.12. The highest BCUT2D eigenvalue weighted by molar-refractivity contribution is 5.92. The third-order valence-electron chi connectivity index (χ3n) is 2.75. The molecule has 0 saturated carbocycles. The maximum absolute atomic E-state index is 13.4. The maximum Gasteiger partial charge on any atom is 0.341 e. The molecular weight excluding hydrogens is 259 g/mol. The minimum absolute atomic E-state index is 0.151. The van der Waals surface area contributed by atoms with E-state index in [1.54, 1.807) is 13.0 Å². The second-order valence-electron chi connectivity index (χ2n) is 4.23. The van der Waals surface area contributed by atoms with E-state index in [4.69, 9.17) is 9.47 Å². The normalized spacial score (nSPS) is 10.2. The van der Waals surface area contributed by atoms with Crippen LogP contribution in [0.15, 0.2) is 42.5 Å². The minimum atomic E-state index is -0.531. The number of benzene rings is 2. The Morgan fingerprint density at radius 3 is 2.60 bits per heavy atom. The number of aryl methyl sites for hydroxylation is 1. The molecule has 0 spiro atoms. The van der Waals surface area contributed by atoms with Crippen LogP contribution >= 0.6 is 0 Å². The fourth-order valence-electron chi connectivity index (χ4n) is 1.75. The summed E-state index contributed by atoms with van der Waals surface area (Å²) >= 11 is 0. The Morgan fingerprint density at radius 1 is 1.15 bits per heavy atom. The number of para-hydroxylation sites is 1. The molecule has 0 amide bonds. The zero-order valence-electron chi connectivity index (χ0n) is 11.4. The molecule has 2 aromatic rings. The first-order chi connectivity index (χ1) is 9.61. The van der Waals surface area contributed by atoms with Gasteiger partial charge in [-0.3, -0.25) is 0 Å². The SMILES string of the molecule is CCOC(=O)c1ccc(F)cc1Oc1ccccc1C. The predicted octanol–water partition coefficient (Wildman–Crippen LogP) is 4.10. The van der Waals surface area contributed by atoms with Gasteiger partial charge in [0.25, 0.3) is 0 Å². The van der Waals surface area contributed by atoms with Crippen molar-refractivity contribution in [1.82, 2.24) is 0 Å². The summed E-state index contributed by atoms with van der Waals surface area (Å²) in [5, 5.41) is 0. The van der Waals surface area contributed by atoms with E-state index in [-0.39, 0.29) is 17.9 Å². The highest BCUT2D eigenvalue weighted by atomic mass is 19.1. The van der Waals surface area contributed by atoms with Crippen LogP contribution in [0.4, 0.5) is 4.39 Å². The molecule has 0 saturated heterocycles. The summed E-state index contributed by atoms with van der Waals surface area (Å²) in [5.41, 5.74) is 1.10. The number of halogens is 1. The summed E-state index contributed by atoms with van der Waals surface area (Å²) in [5.74, 6) is -0.279. The topological polar surface area (TPSA) is 35.5 Å². The van der Waals surface area contributed by atoms with E-state index in [0.29, 0.717) is 5.75 Å². The Kier molecular flexibility index (Phi) is 4.35. The van der Waals surface area contributed by atoms with Gasteiger partial charge in [0.15, 0.2) is 0 Å². The van der Waals surface area contributed by atoms with Crippen molar-refractivity contribution in [3.05, 3.63) is 59.4 Å². The van der Waals surface area contributed by atoms with E-state index in [1.807, 2.05) is 25.1 Å². The first kappa shape index (κ1) is 14.1. The molecule has 0 aromatic heterocycles. The molecule has 20 heavy (non-hydrogen) atoms. The zero-order valence-corrected chi connectivity index (χ0v) is 11.4. The molecular formula is C16H15FO3. The van der Waals surface area contributed by atoms with Crippen molar-refractivity contribution in [3.63, 3.8) is 0 Å². The van der Waals surface area contributed by atoms with E-state index in [2.05, 4.69) is 0 Å². The molecule has 2 rings (SSSR count). The van der Waals surface area contributed by atoms with Crippen molar-refractivity contribution in [2.24, 2.45) is 0 Å². The summed E-state index contributed by atoms with van der Waals surface area (Å²) < 4.78 is 24.0. The van der Waals surface area contributed by atoms with Gasteiger partial charge in [-0.15, -0.1) is 0 Å². The number of esters is 1. The summed E-state index contributed by atoms with van der Waals surface area (Å²) in [6.07, 6.45) is 0. The largest absolute Gasteiger partial charge is 0.462 e. The Labute approximate surface area is 117 Å². The summed E-state index contributed by atoms with van der Waals surface area (Å²) in [6.45, 7) is 3.84. The molecule has 0 fully saturated rings. The van der Waals surface area contributed by atoms with E-state index < -0.39 is 11.8 Å². The molecule has 0 aliphatic rings. The molecule has 0 atom stereocenters. The second kappa shape index (κ2) is 6.19. The van der Waals surface area contributed by atoms with Crippen LogP contribution in [0.3, 0.4) is 0 Å². The van der Waals surface area contributed by atoms with Crippen molar-refractivity contribution < 1.29 is 18.7 Å². The summed E-state index contributed by atoms with van der Waals surface area (Å²) in [4.78, 5) is 11.8. The number of carbonyl (C=O) groups is 1. The fourth-order valence-corrected chi connectivity index (χ4v) is 1.75. The first-order valence-corrected chi connectivity index (χ1v) is 6.32. The van der Waals surface area contributed by atoms with Crippen LogP contribution in [0.5, 0.6) is 11.5 Å². The lowest BCUT2D eigenvalue weighted by molar-refractivity contribution is 0.0523. The maximum atomic E-state index is 13.4. The minimum Gasteiger partial charge on any atom is -0.462 e. The van der Waals surface area contributed by atoms with Gasteiger partial charge in [-0.25, -0.2) is 9.18 Å². The summed E-state index contributed by atoms with van der Waals surface area (Å²) in [7, 11) is 0. The number of carbonyl (C=O) groups excluding carboxylic acids is 1. The molecule has 104 valence electrons. The van der Waals surface area contributed by atoms with Crippen molar-refractivity contribution >= 4 is 5.97 Å². The number of ether oxygens (including phenoxy) is 2. The van der Waals surface area contributed by atoms with Crippen LogP contribution in [0.25, 0.3) is 0 Å². The number of rotatable bonds is 4. The molecule has 4 heteroatoms. The molecule has 0 N–H and O–H groups in total. The van der Waals surface area contributed by atoms with Gasteiger partial charge in [-0.05, 0) is 37.6 Å². The molecule has 0 unspecified atom stereocenters. The lowest BCUT2D eigenvalue weighted by atomic mass is 10.2. The monoisotopic (exact) mass is 274 g/mol. The molecule has 0 aliphatic heterocycles. The van der Waals surface area contributed by atoms with Gasteiger partial charge >= 0.3 is 5.97 Å². The van der Waals surface area contributed by atoms with Crippen molar-refractivity contribution in [3.8, 4) is 11.5 Å². The van der Waals surface area contributed by atoms with Crippen LogP contribution in [0.1, 0.15) is 22.8 Å². The van der Waals surface area contributed by atoms with Gasteiger partial charge in [0.2, 0.25) is 0 Å². The average Bonchev–Trinajstić information content (AvgIpc) is 2.42. The third kappa shape index (κ3) is 3.15. The zero-order chi connectivity index (χ0) is 14.5. The lowest BCUT2D eigenvalue weighted by Crippen LogP contribution is -2.07. The Bertz CT molecular complexity index is 623. The van der Waals surface area contributed by atoms with E-state index in [9.17, 15) is 9.18 Å². The van der Waals surface area contributed by atoms with Crippen LogP contribution in [0.2, 0.25) is 0 Å². The van der Waals surface area contributed by atoms with Crippen molar-refractivity contribution in [1.29, 1.82) is 0 Å². The molecule has 0 bridgehead atoms. The van der Waals surface area contributed by atoms with Gasteiger partial charge in [-0.2, -0.15) is 0 Å². The molecule has 2 aromatic carbocycles. The summed E-state index contributed by atoms with van der Waals surface area (Å²) in [6, 6.07) is 11.1. The van der Waals surface area contributed by atoms with Gasteiger partial charge in [0.05, 0.1) is 6.61 Å². The number of hydrogen-bond acceptors (Lipinski definition) is 3. The van der Waals surface area contributed by atoms with Crippen LogP contribution < -0.4 is 4.74 Å². The van der Waals surface area contributed by atoms with E-state index in [0.717, 1.165) is 5.56 Å². The number of hydrogen-bond donors (Lipinski definition) is 0. The third-order valence-corrected chi connectivity index (χ3v) is 2.75. The molecule has 0 heterocycles. The van der Waals surface area contributed by atoms with Gasteiger partial charge in [-0.1, -0.05) is 18.2 Å². The highest BCUT2D eigenvalue weighted by Crippen LogP contribution is 2.29. The average molecular weight is 274 g/mol. The molecule has 0 aliphatic carbocycles. The van der Waals surface area contributed by atoms with Gasteiger partial charge in [0.1, 0.15) is 22.9 Å².